The zero-order valence-electron chi connectivity index (χ0n) is 11.4. The van der Waals surface area contributed by atoms with E-state index in [2.05, 4.69) is 17.1 Å². The quantitative estimate of drug-likeness (QED) is 0.878. The first-order chi connectivity index (χ1) is 8.76. The molecule has 1 aliphatic heterocycles. The predicted octanol–water partition coefficient (Wildman–Crippen LogP) is 1.50. The number of rotatable bonds is 4. The van der Waals surface area contributed by atoms with Crippen LogP contribution in [0.2, 0.25) is 0 Å². The standard InChI is InChI=1S/C14H22N2O2/c1-11-9-15-7-8-16(11)10-12-13(17-2)5-4-6-14(12)18-3/h4-6,11,15H,7-10H2,1-3H3. The van der Waals surface area contributed by atoms with E-state index in [-0.39, 0.29) is 0 Å². The molecule has 0 amide bonds. The van der Waals surface area contributed by atoms with Crippen molar-refractivity contribution in [3.8, 4) is 11.5 Å². The lowest BCUT2D eigenvalue weighted by molar-refractivity contribution is 0.162. The van der Waals surface area contributed by atoms with Crippen LogP contribution in [0.1, 0.15) is 12.5 Å². The van der Waals surface area contributed by atoms with Gasteiger partial charge in [-0.3, -0.25) is 4.90 Å². The van der Waals surface area contributed by atoms with Crippen LogP contribution in [0.15, 0.2) is 18.2 Å². The number of ether oxygens (including phenoxy) is 2. The molecule has 1 atom stereocenters. The van der Waals surface area contributed by atoms with Crippen LogP contribution in [-0.2, 0) is 6.54 Å². The second-order valence-corrected chi connectivity index (χ2v) is 4.66. The molecule has 1 N–H and O–H groups in total. The Balaban J connectivity index is 2.21. The van der Waals surface area contributed by atoms with E-state index in [1.165, 1.54) is 0 Å². The van der Waals surface area contributed by atoms with Crippen molar-refractivity contribution >= 4 is 0 Å². The molecule has 1 saturated heterocycles. The van der Waals surface area contributed by atoms with E-state index in [9.17, 15) is 0 Å². The van der Waals surface area contributed by atoms with Crippen LogP contribution in [0.5, 0.6) is 11.5 Å². The highest BCUT2D eigenvalue weighted by Gasteiger charge is 2.21. The molecule has 1 unspecified atom stereocenters. The molecular weight excluding hydrogens is 228 g/mol. The molecule has 1 aromatic rings. The molecule has 1 aromatic carbocycles. The molecule has 100 valence electrons. The normalized spacial score (nSPS) is 20.7. The summed E-state index contributed by atoms with van der Waals surface area (Å²) in [7, 11) is 3.42. The molecule has 0 radical (unpaired) electrons. The lowest BCUT2D eigenvalue weighted by atomic mass is 10.1. The second-order valence-electron chi connectivity index (χ2n) is 4.66. The van der Waals surface area contributed by atoms with Gasteiger partial charge in [0.1, 0.15) is 11.5 Å². The number of benzene rings is 1. The van der Waals surface area contributed by atoms with Gasteiger partial charge in [0, 0.05) is 32.2 Å². The number of nitrogens with zero attached hydrogens (tertiary/aromatic N) is 1. The minimum Gasteiger partial charge on any atom is -0.496 e. The van der Waals surface area contributed by atoms with Crippen molar-refractivity contribution in [3.05, 3.63) is 23.8 Å². The number of hydrogen-bond donors (Lipinski definition) is 1. The molecule has 1 heterocycles. The average Bonchev–Trinajstić information content (AvgIpc) is 2.41. The van der Waals surface area contributed by atoms with Crippen LogP contribution in [0.4, 0.5) is 0 Å². The number of methoxy groups -OCH3 is 2. The zero-order chi connectivity index (χ0) is 13.0. The van der Waals surface area contributed by atoms with Crippen LogP contribution >= 0.6 is 0 Å². The zero-order valence-corrected chi connectivity index (χ0v) is 11.4. The van der Waals surface area contributed by atoms with Crippen molar-refractivity contribution < 1.29 is 9.47 Å². The van der Waals surface area contributed by atoms with Gasteiger partial charge in [0.05, 0.1) is 19.8 Å². The molecule has 18 heavy (non-hydrogen) atoms. The molecule has 2 rings (SSSR count). The lowest BCUT2D eigenvalue weighted by Crippen LogP contribution is -2.49. The molecule has 4 nitrogen and oxygen atoms in total. The first kappa shape index (κ1) is 13.2. The predicted molar refractivity (Wildman–Crippen MR) is 72.3 cm³/mol. The van der Waals surface area contributed by atoms with E-state index in [1.807, 2.05) is 18.2 Å². The molecule has 1 fully saturated rings. The molecule has 4 heteroatoms. The van der Waals surface area contributed by atoms with Gasteiger partial charge in [0.2, 0.25) is 0 Å². The monoisotopic (exact) mass is 250 g/mol. The fourth-order valence-electron chi connectivity index (χ4n) is 2.40. The molecule has 0 aliphatic carbocycles. The second kappa shape index (κ2) is 6.07. The van der Waals surface area contributed by atoms with Gasteiger partial charge in [0.25, 0.3) is 0 Å². The van der Waals surface area contributed by atoms with Crippen molar-refractivity contribution in [2.24, 2.45) is 0 Å². The molecule has 0 bridgehead atoms. The number of piperazine rings is 1. The maximum Gasteiger partial charge on any atom is 0.127 e. The van der Waals surface area contributed by atoms with E-state index in [0.29, 0.717) is 6.04 Å². The lowest BCUT2D eigenvalue weighted by Gasteiger charge is -2.34. The van der Waals surface area contributed by atoms with Gasteiger partial charge in [-0.15, -0.1) is 0 Å². The maximum absolute atomic E-state index is 5.44. The Labute approximate surface area is 109 Å². The molecule has 0 saturated carbocycles. The van der Waals surface area contributed by atoms with Crippen molar-refractivity contribution in [2.75, 3.05) is 33.9 Å². The van der Waals surface area contributed by atoms with Crippen LogP contribution in [0.3, 0.4) is 0 Å². The third kappa shape index (κ3) is 2.76. The van der Waals surface area contributed by atoms with Crippen LogP contribution in [0.25, 0.3) is 0 Å². The highest BCUT2D eigenvalue weighted by atomic mass is 16.5. The van der Waals surface area contributed by atoms with Crippen LogP contribution < -0.4 is 14.8 Å². The van der Waals surface area contributed by atoms with E-state index in [0.717, 1.165) is 43.2 Å². The first-order valence-corrected chi connectivity index (χ1v) is 6.41. The van der Waals surface area contributed by atoms with Gasteiger partial charge in [-0.25, -0.2) is 0 Å². The SMILES string of the molecule is COc1cccc(OC)c1CN1CCNCC1C. The van der Waals surface area contributed by atoms with Crippen molar-refractivity contribution in [3.63, 3.8) is 0 Å². The topological polar surface area (TPSA) is 33.7 Å². The summed E-state index contributed by atoms with van der Waals surface area (Å²) < 4.78 is 10.9. The van der Waals surface area contributed by atoms with Crippen molar-refractivity contribution in [1.82, 2.24) is 10.2 Å². The van der Waals surface area contributed by atoms with Crippen molar-refractivity contribution in [1.29, 1.82) is 0 Å². The Morgan fingerprint density at radius 1 is 1.28 bits per heavy atom. The van der Waals surface area contributed by atoms with Gasteiger partial charge in [-0.05, 0) is 19.1 Å². The summed E-state index contributed by atoms with van der Waals surface area (Å²) >= 11 is 0. The Hall–Kier alpha value is -1.26. The van der Waals surface area contributed by atoms with Gasteiger partial charge in [-0.2, -0.15) is 0 Å². The van der Waals surface area contributed by atoms with Crippen LogP contribution in [-0.4, -0.2) is 44.8 Å². The molecule has 0 aromatic heterocycles. The minimum atomic E-state index is 0.536. The smallest absolute Gasteiger partial charge is 0.127 e. The Morgan fingerprint density at radius 3 is 2.50 bits per heavy atom. The summed E-state index contributed by atoms with van der Waals surface area (Å²) in [6.07, 6.45) is 0. The van der Waals surface area contributed by atoms with Gasteiger partial charge in [-0.1, -0.05) is 6.07 Å². The summed E-state index contributed by atoms with van der Waals surface area (Å²) in [5, 5.41) is 3.40. The number of hydrogen-bond acceptors (Lipinski definition) is 4. The van der Waals surface area contributed by atoms with Crippen molar-refractivity contribution in [2.45, 2.75) is 19.5 Å². The van der Waals surface area contributed by atoms with Gasteiger partial charge >= 0.3 is 0 Å². The van der Waals surface area contributed by atoms with E-state index < -0.39 is 0 Å². The summed E-state index contributed by atoms with van der Waals surface area (Å²) in [4.78, 5) is 2.46. The fraction of sp³-hybridized carbons (Fsp3) is 0.571. The van der Waals surface area contributed by atoms with Gasteiger partial charge in [0.15, 0.2) is 0 Å². The summed E-state index contributed by atoms with van der Waals surface area (Å²) in [6.45, 7) is 6.26. The summed E-state index contributed by atoms with van der Waals surface area (Å²) in [5.74, 6) is 1.81. The molecular formula is C14H22N2O2. The Kier molecular flexibility index (Phi) is 4.44. The third-order valence-electron chi connectivity index (χ3n) is 3.53. The Morgan fingerprint density at radius 2 is 1.94 bits per heavy atom. The van der Waals surface area contributed by atoms with E-state index in [1.54, 1.807) is 14.2 Å². The van der Waals surface area contributed by atoms with E-state index >= 15 is 0 Å². The highest BCUT2D eigenvalue weighted by Crippen LogP contribution is 2.30. The summed E-state index contributed by atoms with van der Waals surface area (Å²) in [6, 6.07) is 6.48. The van der Waals surface area contributed by atoms with Gasteiger partial charge < -0.3 is 14.8 Å². The number of nitrogens with one attached hydrogen (secondary N) is 1. The van der Waals surface area contributed by atoms with E-state index in [4.69, 9.17) is 9.47 Å². The fourth-order valence-corrected chi connectivity index (χ4v) is 2.40. The maximum atomic E-state index is 5.44. The van der Waals surface area contributed by atoms with Crippen LogP contribution in [0, 0.1) is 0 Å². The third-order valence-corrected chi connectivity index (χ3v) is 3.53. The molecule has 0 spiro atoms. The minimum absolute atomic E-state index is 0.536. The molecule has 1 aliphatic rings. The largest absolute Gasteiger partial charge is 0.496 e. The average molecular weight is 250 g/mol. The first-order valence-electron chi connectivity index (χ1n) is 6.41. The Bertz CT molecular complexity index is 373. The highest BCUT2D eigenvalue weighted by molar-refractivity contribution is 5.44. The summed E-state index contributed by atoms with van der Waals surface area (Å²) in [5.41, 5.74) is 1.14.